The summed E-state index contributed by atoms with van der Waals surface area (Å²) in [7, 11) is -7.61. The van der Waals surface area contributed by atoms with Gasteiger partial charge in [-0.2, -0.15) is 0 Å². The van der Waals surface area contributed by atoms with E-state index in [2.05, 4.69) is 5.32 Å². The number of carbonyl (C=O) groups excluding carboxylic acids is 1. The molecule has 6 aromatic carbocycles. The minimum atomic E-state index is -3.95. The summed E-state index contributed by atoms with van der Waals surface area (Å²) in [5.41, 5.74) is 8.28. The van der Waals surface area contributed by atoms with Crippen molar-refractivity contribution in [2.24, 2.45) is 10.3 Å². The average molecular weight is 799 g/mol. The van der Waals surface area contributed by atoms with Crippen LogP contribution in [0.1, 0.15) is 39.3 Å². The number of hydrogen-bond acceptors (Lipinski definition) is 9. The first-order chi connectivity index (χ1) is 26.2. The van der Waals surface area contributed by atoms with E-state index in [4.69, 9.17) is 30.6 Å². The first-order valence-corrected chi connectivity index (χ1v) is 19.4. The minimum absolute atomic E-state index is 0. The number of carboxylic acid groups (broad SMARTS) is 1. The molecule has 13 nitrogen and oxygen atoms in total. The van der Waals surface area contributed by atoms with E-state index in [9.17, 15) is 26.4 Å². The van der Waals surface area contributed by atoms with Crippen molar-refractivity contribution < 1.29 is 41.0 Å². The molecule has 56 heavy (non-hydrogen) atoms. The summed E-state index contributed by atoms with van der Waals surface area (Å²) >= 11 is 0. The molecule has 8 N–H and O–H groups in total. The zero-order valence-electron chi connectivity index (χ0n) is 29.2. The molecular weight excluding hydrogens is 757 g/mol. The molecule has 0 fully saturated rings. The molecule has 1 amide bonds. The highest BCUT2D eigenvalue weighted by Crippen LogP contribution is 2.22. The number of anilines is 2. The van der Waals surface area contributed by atoms with Gasteiger partial charge < -0.3 is 25.6 Å². The van der Waals surface area contributed by atoms with Gasteiger partial charge in [0, 0.05) is 5.56 Å². The molecule has 0 radical (unpaired) electrons. The van der Waals surface area contributed by atoms with Crippen molar-refractivity contribution >= 4 is 43.3 Å². The van der Waals surface area contributed by atoms with E-state index >= 15 is 0 Å². The molecule has 292 valence electrons. The largest absolute Gasteiger partial charge is 0.489 e. The van der Waals surface area contributed by atoms with Crippen LogP contribution >= 0.6 is 0 Å². The van der Waals surface area contributed by atoms with E-state index in [1.165, 1.54) is 42.5 Å². The molecule has 0 atom stereocenters. The molecule has 0 aliphatic carbocycles. The number of aromatic carboxylic acids is 1. The average Bonchev–Trinajstić information content (AvgIpc) is 3.17. The number of amides is 1. The SMILES string of the molecule is C.NS(=O)(=O)c1ccccc1NC(=O)c1cccc(OCc2ccccc2)c1.Nc1ccccc1S(N)(=O)=O.O=C(O)c1cccc(OCc2ccccc2)c1. The monoisotopic (exact) mass is 798 g/mol. The van der Waals surface area contributed by atoms with Crippen LogP contribution in [0.4, 0.5) is 11.4 Å². The lowest BCUT2D eigenvalue weighted by Crippen LogP contribution is -2.18. The normalized spacial score (nSPS) is 10.5. The summed E-state index contributed by atoms with van der Waals surface area (Å²) in [6.45, 7) is 0.810. The molecule has 0 saturated heterocycles. The summed E-state index contributed by atoms with van der Waals surface area (Å²) in [5, 5.41) is 21.5. The predicted molar refractivity (Wildman–Crippen MR) is 216 cm³/mol. The number of carbonyl (C=O) groups is 2. The van der Waals surface area contributed by atoms with Gasteiger partial charge in [-0.3, -0.25) is 4.79 Å². The highest BCUT2D eigenvalue weighted by atomic mass is 32.2. The van der Waals surface area contributed by atoms with Crippen LogP contribution in [0.25, 0.3) is 0 Å². The third kappa shape index (κ3) is 14.0. The number of ether oxygens (including phenoxy) is 2. The van der Waals surface area contributed by atoms with Gasteiger partial charge in [0.25, 0.3) is 5.91 Å². The van der Waals surface area contributed by atoms with Gasteiger partial charge in [0.05, 0.1) is 16.9 Å². The topological polar surface area (TPSA) is 231 Å². The number of primary sulfonamides is 2. The van der Waals surface area contributed by atoms with Crippen LogP contribution in [0.15, 0.2) is 168 Å². The number of nitrogens with one attached hydrogen (secondary N) is 1. The lowest BCUT2D eigenvalue weighted by molar-refractivity contribution is 0.0696. The van der Waals surface area contributed by atoms with Crippen molar-refractivity contribution in [1.29, 1.82) is 0 Å². The van der Waals surface area contributed by atoms with Gasteiger partial charge in [-0.05, 0) is 71.8 Å². The lowest BCUT2D eigenvalue weighted by atomic mass is 10.2. The molecule has 0 aliphatic heterocycles. The van der Waals surface area contributed by atoms with Crippen LogP contribution in [0.5, 0.6) is 11.5 Å². The zero-order valence-corrected chi connectivity index (χ0v) is 30.8. The maximum atomic E-state index is 12.5. The highest BCUT2D eigenvalue weighted by molar-refractivity contribution is 7.89. The molecule has 0 unspecified atom stereocenters. The van der Waals surface area contributed by atoms with Gasteiger partial charge in [0.1, 0.15) is 34.5 Å². The Kier molecular flexibility index (Phi) is 16.3. The first-order valence-electron chi connectivity index (χ1n) is 16.3. The zero-order chi connectivity index (χ0) is 39.8. The van der Waals surface area contributed by atoms with Crippen molar-refractivity contribution in [3.63, 3.8) is 0 Å². The maximum Gasteiger partial charge on any atom is 0.335 e. The quantitative estimate of drug-likeness (QED) is 0.0873. The molecule has 6 aromatic rings. The summed E-state index contributed by atoms with van der Waals surface area (Å²) in [6, 6.07) is 44.5. The molecular formula is C41H42N4O9S2. The van der Waals surface area contributed by atoms with Crippen molar-refractivity contribution in [1.82, 2.24) is 0 Å². The standard InChI is InChI=1S/C20H18N2O4S.C14H12O3.C6H8N2O2S.CH4/c21-27(24,25)19-12-5-4-11-18(19)22-20(23)16-9-6-10-17(13-16)26-14-15-7-2-1-3-8-15;15-14(16)12-7-4-8-13(9-12)17-10-11-5-2-1-3-6-11;7-5-3-1-2-4-6(5)11(8,9)10;/h1-13H,14H2,(H,22,23)(H2,21,24,25);1-9H,10H2,(H,15,16);1-4H,7H2,(H2,8,9,10);1H4. The Morgan fingerprint density at radius 1 is 0.554 bits per heavy atom. The molecule has 0 bridgehead atoms. The lowest BCUT2D eigenvalue weighted by Gasteiger charge is -2.11. The number of sulfonamides is 2. The summed E-state index contributed by atoms with van der Waals surface area (Å²) in [5.74, 6) is -0.314. The number of para-hydroxylation sites is 2. The second kappa shape index (κ2) is 20.8. The van der Waals surface area contributed by atoms with Crippen molar-refractivity contribution in [3.8, 4) is 11.5 Å². The van der Waals surface area contributed by atoms with E-state index in [1.807, 2.05) is 60.7 Å². The van der Waals surface area contributed by atoms with Gasteiger partial charge in [0.2, 0.25) is 20.0 Å². The summed E-state index contributed by atoms with van der Waals surface area (Å²) in [6.07, 6.45) is 0. The van der Waals surface area contributed by atoms with E-state index < -0.39 is 31.9 Å². The van der Waals surface area contributed by atoms with Gasteiger partial charge in [-0.1, -0.05) is 104 Å². The Morgan fingerprint density at radius 3 is 1.45 bits per heavy atom. The highest BCUT2D eigenvalue weighted by Gasteiger charge is 2.16. The van der Waals surface area contributed by atoms with Crippen LogP contribution < -0.4 is 30.8 Å². The van der Waals surface area contributed by atoms with Crippen LogP contribution in [-0.4, -0.2) is 33.8 Å². The Labute approximate surface area is 326 Å². The van der Waals surface area contributed by atoms with Gasteiger partial charge in [0.15, 0.2) is 0 Å². The van der Waals surface area contributed by atoms with E-state index in [0.717, 1.165) is 11.1 Å². The third-order valence-electron chi connectivity index (χ3n) is 7.34. The molecule has 0 aromatic heterocycles. The van der Waals surface area contributed by atoms with Gasteiger partial charge in [-0.25, -0.2) is 31.9 Å². The second-order valence-electron chi connectivity index (χ2n) is 11.5. The Morgan fingerprint density at radius 2 is 0.982 bits per heavy atom. The molecule has 0 heterocycles. The fraction of sp³-hybridized carbons (Fsp3) is 0.0732. The summed E-state index contributed by atoms with van der Waals surface area (Å²) < 4.78 is 56.0. The fourth-order valence-corrected chi connectivity index (χ4v) is 6.04. The third-order valence-corrected chi connectivity index (χ3v) is 9.30. The molecule has 0 saturated carbocycles. The number of hydrogen-bond donors (Lipinski definition) is 5. The molecule has 6 rings (SSSR count). The van der Waals surface area contributed by atoms with Crippen molar-refractivity contribution in [3.05, 3.63) is 180 Å². The van der Waals surface area contributed by atoms with Gasteiger partial charge >= 0.3 is 5.97 Å². The van der Waals surface area contributed by atoms with Crippen LogP contribution in [0.3, 0.4) is 0 Å². The van der Waals surface area contributed by atoms with Crippen molar-refractivity contribution in [2.75, 3.05) is 11.1 Å². The minimum Gasteiger partial charge on any atom is -0.489 e. The van der Waals surface area contributed by atoms with Gasteiger partial charge in [-0.15, -0.1) is 0 Å². The van der Waals surface area contributed by atoms with Crippen LogP contribution in [0, 0.1) is 0 Å². The predicted octanol–water partition coefficient (Wildman–Crippen LogP) is 6.68. The number of rotatable bonds is 11. The second-order valence-corrected chi connectivity index (χ2v) is 14.5. The van der Waals surface area contributed by atoms with E-state index in [-0.39, 0.29) is 34.2 Å². The molecule has 15 heteroatoms. The number of nitrogens with two attached hydrogens (primary N) is 3. The number of carboxylic acids is 1. The first kappa shape index (κ1) is 43.9. The summed E-state index contributed by atoms with van der Waals surface area (Å²) in [4.78, 5) is 23.1. The van der Waals surface area contributed by atoms with Crippen molar-refractivity contribution in [2.45, 2.75) is 30.4 Å². The molecule has 0 aliphatic rings. The Bertz CT molecular complexity index is 2430. The van der Waals surface area contributed by atoms with E-state index in [1.54, 1.807) is 54.6 Å². The van der Waals surface area contributed by atoms with Crippen LogP contribution in [-0.2, 0) is 33.3 Å². The van der Waals surface area contributed by atoms with E-state index in [0.29, 0.717) is 30.3 Å². The fourth-order valence-electron chi connectivity index (χ4n) is 4.68. The van der Waals surface area contributed by atoms with Crippen LogP contribution in [0.2, 0.25) is 0 Å². The number of benzene rings is 6. The maximum absolute atomic E-state index is 12.5. The Balaban J connectivity index is 0.000000247. The molecule has 0 spiro atoms. The Hall–Kier alpha value is -6.52. The number of nitrogen functional groups attached to an aromatic ring is 1. The smallest absolute Gasteiger partial charge is 0.335 e.